The van der Waals surface area contributed by atoms with Gasteiger partial charge in [-0.1, -0.05) is 6.42 Å². The Balaban J connectivity index is 2.22. The lowest BCUT2D eigenvalue weighted by molar-refractivity contribution is -0.140. The molecule has 0 unspecified atom stereocenters. The van der Waals surface area contributed by atoms with Crippen LogP contribution in [0, 0.1) is 0 Å². The molecule has 134 valence electrons. The van der Waals surface area contributed by atoms with Crippen molar-refractivity contribution in [2.45, 2.75) is 36.1 Å². The third-order valence-electron chi connectivity index (χ3n) is 2.92. The molecule has 0 spiro atoms. The normalized spacial score (nSPS) is 11.0. The number of esters is 1. The van der Waals surface area contributed by atoms with E-state index in [1.165, 1.54) is 31.4 Å². The monoisotopic (exact) mass is 364 g/mol. The van der Waals surface area contributed by atoms with Crippen LogP contribution in [0.25, 0.3) is 0 Å². The first-order valence-electron chi connectivity index (χ1n) is 7.27. The van der Waals surface area contributed by atoms with Gasteiger partial charge in [0.25, 0.3) is 0 Å². The summed E-state index contributed by atoms with van der Waals surface area (Å²) < 4.78 is 41.1. The zero-order valence-corrected chi connectivity index (χ0v) is 13.9. The summed E-state index contributed by atoms with van der Waals surface area (Å²) in [6.07, 6.45) is 2.53. The summed E-state index contributed by atoms with van der Waals surface area (Å²) in [5.74, 6) is -0.257. The van der Waals surface area contributed by atoms with Crippen LogP contribution in [-0.2, 0) is 9.53 Å². The predicted molar refractivity (Wildman–Crippen MR) is 85.9 cm³/mol. The molecule has 0 aromatic heterocycles. The molecular formula is C15H19F3N2O3S. The Morgan fingerprint density at radius 3 is 2.38 bits per heavy atom. The molecule has 0 aliphatic heterocycles. The molecule has 0 fully saturated rings. The Hall–Kier alpha value is -1.90. The first-order chi connectivity index (χ1) is 11.3. The number of carbonyl (C=O) groups excluding carboxylic acids is 2. The van der Waals surface area contributed by atoms with E-state index in [0.29, 0.717) is 31.5 Å². The maximum absolute atomic E-state index is 12.2. The van der Waals surface area contributed by atoms with Crippen molar-refractivity contribution in [3.8, 4) is 0 Å². The number of hydrogen-bond donors (Lipinski definition) is 2. The highest BCUT2D eigenvalue weighted by Gasteiger charge is 2.28. The summed E-state index contributed by atoms with van der Waals surface area (Å²) in [5.41, 5.74) is -3.93. The van der Waals surface area contributed by atoms with Gasteiger partial charge in [-0.2, -0.15) is 13.2 Å². The summed E-state index contributed by atoms with van der Waals surface area (Å²) in [7, 11) is 1.34. The average molecular weight is 364 g/mol. The minimum Gasteiger partial charge on any atom is -0.469 e. The van der Waals surface area contributed by atoms with Crippen molar-refractivity contribution in [1.82, 2.24) is 5.32 Å². The molecule has 0 aliphatic rings. The maximum atomic E-state index is 12.2. The van der Waals surface area contributed by atoms with Crippen LogP contribution in [0.2, 0.25) is 0 Å². The number of carbonyl (C=O) groups is 2. The van der Waals surface area contributed by atoms with Crippen LogP contribution in [0.4, 0.5) is 23.7 Å². The molecule has 1 aromatic carbocycles. The van der Waals surface area contributed by atoms with Gasteiger partial charge in [-0.15, -0.1) is 0 Å². The highest BCUT2D eigenvalue weighted by atomic mass is 32.2. The molecule has 9 heteroatoms. The molecular weight excluding hydrogens is 345 g/mol. The Morgan fingerprint density at radius 2 is 1.79 bits per heavy atom. The standard InChI is InChI=1S/C15H19F3N2O3S/c1-23-13(21)5-3-2-4-10-19-14(22)20-11-6-8-12(9-7-11)24-15(16,17)18/h6-9H,2-5,10H2,1H3,(H2,19,20,22). The van der Waals surface area contributed by atoms with Crippen molar-refractivity contribution >= 4 is 29.4 Å². The number of ether oxygens (including phenoxy) is 1. The van der Waals surface area contributed by atoms with Crippen LogP contribution in [-0.4, -0.2) is 31.2 Å². The fraction of sp³-hybridized carbons (Fsp3) is 0.467. The molecule has 0 heterocycles. The van der Waals surface area contributed by atoms with E-state index in [-0.39, 0.29) is 22.6 Å². The van der Waals surface area contributed by atoms with E-state index in [2.05, 4.69) is 15.4 Å². The van der Waals surface area contributed by atoms with Gasteiger partial charge in [0, 0.05) is 23.5 Å². The average Bonchev–Trinajstić information content (AvgIpc) is 2.51. The molecule has 2 N–H and O–H groups in total. The Morgan fingerprint density at radius 1 is 1.12 bits per heavy atom. The third kappa shape index (κ3) is 9.29. The van der Waals surface area contributed by atoms with E-state index in [1.54, 1.807) is 0 Å². The first kappa shape index (κ1) is 20.1. The van der Waals surface area contributed by atoms with Gasteiger partial charge >= 0.3 is 17.5 Å². The van der Waals surface area contributed by atoms with Gasteiger partial charge in [0.1, 0.15) is 0 Å². The molecule has 5 nitrogen and oxygen atoms in total. The zero-order chi connectivity index (χ0) is 18.0. The number of rotatable bonds is 8. The van der Waals surface area contributed by atoms with E-state index < -0.39 is 11.5 Å². The number of unbranched alkanes of at least 4 members (excludes halogenated alkanes) is 2. The number of hydrogen-bond acceptors (Lipinski definition) is 4. The number of benzene rings is 1. The van der Waals surface area contributed by atoms with Gasteiger partial charge < -0.3 is 15.4 Å². The molecule has 0 atom stereocenters. The number of amides is 2. The summed E-state index contributed by atoms with van der Waals surface area (Å²) >= 11 is -0.208. The highest BCUT2D eigenvalue weighted by molar-refractivity contribution is 8.00. The van der Waals surface area contributed by atoms with Crippen molar-refractivity contribution in [1.29, 1.82) is 0 Å². The molecule has 0 radical (unpaired) electrons. The SMILES string of the molecule is COC(=O)CCCCCNC(=O)Nc1ccc(SC(F)(F)F)cc1. The number of urea groups is 1. The lowest BCUT2D eigenvalue weighted by Gasteiger charge is -2.09. The summed E-state index contributed by atoms with van der Waals surface area (Å²) in [4.78, 5) is 22.6. The summed E-state index contributed by atoms with van der Waals surface area (Å²) in [6, 6.07) is 4.97. The maximum Gasteiger partial charge on any atom is 0.446 e. The fourth-order valence-corrected chi connectivity index (χ4v) is 2.33. The number of halogens is 3. The Bertz CT molecular complexity index is 536. The Kier molecular flexibility index (Phi) is 8.45. The lowest BCUT2D eigenvalue weighted by atomic mass is 10.2. The van der Waals surface area contributed by atoms with Crippen LogP contribution in [0.1, 0.15) is 25.7 Å². The molecule has 0 aliphatic carbocycles. The van der Waals surface area contributed by atoms with E-state index in [9.17, 15) is 22.8 Å². The van der Waals surface area contributed by atoms with E-state index >= 15 is 0 Å². The second-order valence-corrected chi connectivity index (χ2v) is 5.98. The third-order valence-corrected chi connectivity index (χ3v) is 3.66. The second-order valence-electron chi connectivity index (χ2n) is 4.84. The van der Waals surface area contributed by atoms with Gasteiger partial charge in [0.05, 0.1) is 7.11 Å². The van der Waals surface area contributed by atoms with E-state index in [1.807, 2.05) is 0 Å². The quantitative estimate of drug-likeness (QED) is 0.413. The molecule has 0 saturated carbocycles. The topological polar surface area (TPSA) is 67.4 Å². The largest absolute Gasteiger partial charge is 0.469 e. The fourth-order valence-electron chi connectivity index (χ4n) is 1.79. The second kappa shape index (κ2) is 10.1. The van der Waals surface area contributed by atoms with Crippen LogP contribution in [0.5, 0.6) is 0 Å². The molecule has 0 bridgehead atoms. The predicted octanol–water partition coefficient (Wildman–Crippen LogP) is 4.15. The van der Waals surface area contributed by atoms with Gasteiger partial charge in [-0.25, -0.2) is 4.79 Å². The van der Waals surface area contributed by atoms with Crippen molar-refractivity contribution in [2.24, 2.45) is 0 Å². The minimum absolute atomic E-state index is 0.0547. The summed E-state index contributed by atoms with van der Waals surface area (Å²) in [5, 5.41) is 5.17. The highest BCUT2D eigenvalue weighted by Crippen LogP contribution is 2.36. The van der Waals surface area contributed by atoms with Crippen LogP contribution < -0.4 is 10.6 Å². The minimum atomic E-state index is -4.33. The van der Waals surface area contributed by atoms with Gasteiger partial charge in [0.2, 0.25) is 0 Å². The van der Waals surface area contributed by atoms with Gasteiger partial charge in [0.15, 0.2) is 0 Å². The van der Waals surface area contributed by atoms with Crippen LogP contribution >= 0.6 is 11.8 Å². The molecule has 2 amide bonds. The lowest BCUT2D eigenvalue weighted by Crippen LogP contribution is -2.29. The molecule has 24 heavy (non-hydrogen) atoms. The number of methoxy groups -OCH3 is 1. The Labute approximate surface area is 142 Å². The molecule has 0 saturated heterocycles. The first-order valence-corrected chi connectivity index (χ1v) is 8.09. The number of anilines is 1. The van der Waals surface area contributed by atoms with E-state index in [4.69, 9.17) is 0 Å². The zero-order valence-electron chi connectivity index (χ0n) is 13.1. The number of alkyl halides is 3. The van der Waals surface area contributed by atoms with E-state index in [0.717, 1.165) is 6.42 Å². The number of nitrogens with one attached hydrogen (secondary N) is 2. The van der Waals surface area contributed by atoms with Crippen LogP contribution in [0.15, 0.2) is 29.2 Å². The van der Waals surface area contributed by atoms with Crippen molar-refractivity contribution in [2.75, 3.05) is 19.0 Å². The van der Waals surface area contributed by atoms with Crippen molar-refractivity contribution in [3.63, 3.8) is 0 Å². The van der Waals surface area contributed by atoms with Gasteiger partial charge in [-0.3, -0.25) is 4.79 Å². The number of thioether (sulfide) groups is 1. The molecule has 1 aromatic rings. The van der Waals surface area contributed by atoms with Gasteiger partial charge in [-0.05, 0) is 48.9 Å². The smallest absolute Gasteiger partial charge is 0.446 e. The van der Waals surface area contributed by atoms with Crippen molar-refractivity contribution in [3.05, 3.63) is 24.3 Å². The van der Waals surface area contributed by atoms with Crippen LogP contribution in [0.3, 0.4) is 0 Å². The van der Waals surface area contributed by atoms with Crippen molar-refractivity contribution < 1.29 is 27.5 Å². The summed E-state index contributed by atoms with van der Waals surface area (Å²) in [6.45, 7) is 0.439. The molecule has 1 rings (SSSR count).